The largest absolute Gasteiger partial charge is 0.461 e. The molecular weight excluding hydrogens is 266 g/mol. The number of hydrogen-bond acceptors (Lipinski definition) is 4. The smallest absolute Gasteiger partial charge is 0.360 e. The van der Waals surface area contributed by atoms with Gasteiger partial charge in [0.2, 0.25) is 0 Å². The van der Waals surface area contributed by atoms with E-state index >= 15 is 0 Å². The Morgan fingerprint density at radius 1 is 1.29 bits per heavy atom. The fourth-order valence-corrected chi connectivity index (χ4v) is 2.16. The highest BCUT2D eigenvalue weighted by molar-refractivity contribution is 5.88. The Labute approximate surface area is 124 Å². The second-order valence-corrected chi connectivity index (χ2v) is 5.35. The molecule has 0 saturated carbocycles. The van der Waals surface area contributed by atoms with Gasteiger partial charge in [-0.25, -0.2) is 9.48 Å². The predicted octanol–water partition coefficient (Wildman–Crippen LogP) is 2.70. The van der Waals surface area contributed by atoms with Gasteiger partial charge < -0.3 is 4.74 Å². The van der Waals surface area contributed by atoms with Crippen molar-refractivity contribution in [2.24, 2.45) is 5.92 Å². The second kappa shape index (κ2) is 7.02. The van der Waals surface area contributed by atoms with Gasteiger partial charge in [-0.15, -0.1) is 5.10 Å². The molecule has 5 heteroatoms. The molecular formula is C16H21N3O2. The van der Waals surface area contributed by atoms with Crippen LogP contribution >= 0.6 is 0 Å². The first-order chi connectivity index (χ1) is 10.1. The molecule has 1 aromatic carbocycles. The lowest BCUT2D eigenvalue weighted by Crippen LogP contribution is -2.13. The monoisotopic (exact) mass is 287 g/mol. The molecule has 21 heavy (non-hydrogen) atoms. The number of nitrogens with zero attached hydrogens (tertiary/aromatic N) is 3. The molecule has 0 fully saturated rings. The highest BCUT2D eigenvalue weighted by Gasteiger charge is 2.21. The van der Waals surface area contributed by atoms with Crippen molar-refractivity contribution in [2.45, 2.75) is 33.7 Å². The molecule has 0 aliphatic heterocycles. The molecule has 0 atom stereocenters. The maximum Gasteiger partial charge on any atom is 0.360 e. The minimum absolute atomic E-state index is 0.335. The molecule has 0 N–H and O–H groups in total. The van der Waals surface area contributed by atoms with Crippen LogP contribution in [-0.4, -0.2) is 27.6 Å². The summed E-state index contributed by atoms with van der Waals surface area (Å²) in [7, 11) is 0. The fourth-order valence-electron chi connectivity index (χ4n) is 2.16. The summed E-state index contributed by atoms with van der Waals surface area (Å²) in [5.74, 6) is 0.0126. The molecule has 2 rings (SSSR count). The average molecular weight is 287 g/mol. The summed E-state index contributed by atoms with van der Waals surface area (Å²) in [6.45, 7) is 6.94. The van der Waals surface area contributed by atoms with Crippen molar-refractivity contribution >= 4 is 5.97 Å². The summed E-state index contributed by atoms with van der Waals surface area (Å²) in [5.41, 5.74) is 2.30. The quantitative estimate of drug-likeness (QED) is 0.766. The van der Waals surface area contributed by atoms with Gasteiger partial charge in [0.15, 0.2) is 5.69 Å². The van der Waals surface area contributed by atoms with E-state index in [0.717, 1.165) is 17.7 Å². The first-order valence-corrected chi connectivity index (χ1v) is 7.25. The first-order valence-electron chi connectivity index (χ1n) is 7.25. The van der Waals surface area contributed by atoms with Crippen molar-refractivity contribution in [3.63, 3.8) is 0 Å². The van der Waals surface area contributed by atoms with Crippen molar-refractivity contribution in [1.29, 1.82) is 0 Å². The molecule has 0 amide bonds. The fraction of sp³-hybridized carbons (Fsp3) is 0.438. The van der Waals surface area contributed by atoms with E-state index in [0.29, 0.717) is 24.8 Å². The molecule has 0 bridgehead atoms. The van der Waals surface area contributed by atoms with Crippen LogP contribution in [0.4, 0.5) is 0 Å². The Balaban J connectivity index is 2.30. The van der Waals surface area contributed by atoms with E-state index in [1.807, 2.05) is 30.3 Å². The van der Waals surface area contributed by atoms with E-state index in [1.165, 1.54) is 0 Å². The molecule has 0 unspecified atom stereocenters. The molecule has 1 heterocycles. The summed E-state index contributed by atoms with van der Waals surface area (Å²) in [6, 6.07) is 10.0. The van der Waals surface area contributed by atoms with E-state index in [1.54, 1.807) is 11.6 Å². The Kier molecular flexibility index (Phi) is 5.09. The van der Waals surface area contributed by atoms with Gasteiger partial charge in [0.05, 0.1) is 18.8 Å². The van der Waals surface area contributed by atoms with Gasteiger partial charge in [0, 0.05) is 0 Å². The average Bonchev–Trinajstić information content (AvgIpc) is 2.82. The SMILES string of the molecule is CCOC(=O)c1nnn(Cc2ccccc2)c1CC(C)C. The molecule has 0 radical (unpaired) electrons. The van der Waals surface area contributed by atoms with Gasteiger partial charge in [0.1, 0.15) is 0 Å². The van der Waals surface area contributed by atoms with E-state index < -0.39 is 5.97 Å². The van der Waals surface area contributed by atoms with Crippen LogP contribution in [0.3, 0.4) is 0 Å². The van der Waals surface area contributed by atoms with Gasteiger partial charge in [-0.3, -0.25) is 0 Å². The summed E-state index contributed by atoms with van der Waals surface area (Å²) in [4.78, 5) is 12.0. The Hall–Kier alpha value is -2.17. The second-order valence-electron chi connectivity index (χ2n) is 5.35. The number of esters is 1. The summed E-state index contributed by atoms with van der Waals surface area (Å²) < 4.78 is 6.85. The lowest BCUT2D eigenvalue weighted by atomic mass is 10.1. The van der Waals surface area contributed by atoms with Crippen LogP contribution in [0.1, 0.15) is 42.5 Å². The van der Waals surface area contributed by atoms with Crippen molar-refractivity contribution in [3.8, 4) is 0 Å². The maximum absolute atomic E-state index is 12.0. The molecule has 0 spiro atoms. The number of benzene rings is 1. The van der Waals surface area contributed by atoms with Crippen LogP contribution in [0.25, 0.3) is 0 Å². The molecule has 0 aliphatic carbocycles. The maximum atomic E-state index is 12.0. The zero-order chi connectivity index (χ0) is 15.2. The van der Waals surface area contributed by atoms with Crippen LogP contribution < -0.4 is 0 Å². The third-order valence-corrected chi connectivity index (χ3v) is 3.08. The zero-order valence-corrected chi connectivity index (χ0v) is 12.7. The minimum atomic E-state index is -0.396. The first kappa shape index (κ1) is 15.2. The van der Waals surface area contributed by atoms with Gasteiger partial charge >= 0.3 is 5.97 Å². The molecule has 112 valence electrons. The predicted molar refractivity (Wildman–Crippen MR) is 80.1 cm³/mol. The van der Waals surface area contributed by atoms with Crippen molar-refractivity contribution < 1.29 is 9.53 Å². The molecule has 0 aliphatic rings. The standard InChI is InChI=1S/C16H21N3O2/c1-4-21-16(20)15-14(10-12(2)3)19(18-17-15)11-13-8-6-5-7-9-13/h5-9,12H,4,10-11H2,1-3H3. The molecule has 1 aromatic heterocycles. The highest BCUT2D eigenvalue weighted by Crippen LogP contribution is 2.15. The van der Waals surface area contributed by atoms with Gasteiger partial charge in [0.25, 0.3) is 0 Å². The normalized spacial score (nSPS) is 10.9. The van der Waals surface area contributed by atoms with Gasteiger partial charge in [-0.1, -0.05) is 49.4 Å². The van der Waals surface area contributed by atoms with E-state index in [2.05, 4.69) is 24.2 Å². The van der Waals surface area contributed by atoms with Crippen LogP contribution in [-0.2, 0) is 17.7 Å². The van der Waals surface area contributed by atoms with Crippen LogP contribution in [0.15, 0.2) is 30.3 Å². The van der Waals surface area contributed by atoms with Crippen molar-refractivity contribution in [3.05, 3.63) is 47.3 Å². The zero-order valence-electron chi connectivity index (χ0n) is 12.7. The van der Waals surface area contributed by atoms with Gasteiger partial charge in [-0.05, 0) is 24.8 Å². The van der Waals surface area contributed by atoms with Gasteiger partial charge in [-0.2, -0.15) is 0 Å². The van der Waals surface area contributed by atoms with Crippen LogP contribution in [0.5, 0.6) is 0 Å². The van der Waals surface area contributed by atoms with Crippen molar-refractivity contribution in [1.82, 2.24) is 15.0 Å². The van der Waals surface area contributed by atoms with Crippen LogP contribution in [0, 0.1) is 5.92 Å². The number of ether oxygens (including phenoxy) is 1. The summed E-state index contributed by atoms with van der Waals surface area (Å²) in [5, 5.41) is 8.16. The third-order valence-electron chi connectivity index (χ3n) is 3.08. The lowest BCUT2D eigenvalue weighted by molar-refractivity contribution is 0.0517. The van der Waals surface area contributed by atoms with E-state index in [-0.39, 0.29) is 0 Å². The van der Waals surface area contributed by atoms with E-state index in [4.69, 9.17) is 4.74 Å². The molecule has 2 aromatic rings. The summed E-state index contributed by atoms with van der Waals surface area (Å²) >= 11 is 0. The van der Waals surface area contributed by atoms with Crippen molar-refractivity contribution in [2.75, 3.05) is 6.61 Å². The van der Waals surface area contributed by atoms with Crippen LogP contribution in [0.2, 0.25) is 0 Å². The number of rotatable bonds is 6. The number of aromatic nitrogens is 3. The number of hydrogen-bond donors (Lipinski definition) is 0. The highest BCUT2D eigenvalue weighted by atomic mass is 16.5. The number of carbonyl (C=O) groups excluding carboxylic acids is 1. The summed E-state index contributed by atoms with van der Waals surface area (Å²) in [6.07, 6.45) is 0.744. The minimum Gasteiger partial charge on any atom is -0.461 e. The number of carbonyl (C=O) groups is 1. The van der Waals surface area contributed by atoms with E-state index in [9.17, 15) is 4.79 Å². The third kappa shape index (κ3) is 3.90. The molecule has 5 nitrogen and oxygen atoms in total. The Morgan fingerprint density at radius 2 is 2.00 bits per heavy atom. The Bertz CT molecular complexity index is 591. The Morgan fingerprint density at radius 3 is 2.62 bits per heavy atom. The lowest BCUT2D eigenvalue weighted by Gasteiger charge is -2.10. The molecule has 0 saturated heterocycles. The topological polar surface area (TPSA) is 57.0 Å².